The number of hydrogen-bond acceptors (Lipinski definition) is 4. The summed E-state index contributed by atoms with van der Waals surface area (Å²) in [5.74, 6) is -0.960. The van der Waals surface area contributed by atoms with Crippen molar-refractivity contribution < 1.29 is 14.0 Å². The predicted octanol–water partition coefficient (Wildman–Crippen LogP) is 0.676. The minimum atomic E-state index is -0.412. The minimum Gasteiger partial charge on any atom is -0.298 e. The van der Waals surface area contributed by atoms with Gasteiger partial charge in [-0.2, -0.15) is 0 Å². The lowest BCUT2D eigenvalue weighted by Crippen LogP contribution is -2.51. The van der Waals surface area contributed by atoms with Crippen LogP contribution in [0, 0.1) is 5.82 Å². The molecule has 2 atom stereocenters. The molecule has 2 rings (SSSR count). The molecule has 0 spiro atoms. The number of piperidine rings is 1. The van der Waals surface area contributed by atoms with Crippen molar-refractivity contribution in [1.29, 1.82) is 0 Å². The van der Waals surface area contributed by atoms with Crippen molar-refractivity contribution in [3.8, 4) is 0 Å². The topological polar surface area (TPSA) is 71.1 Å². The number of nitrogens with zero attached hydrogens (tertiary/aromatic N) is 1. The molecule has 2 amide bonds. The molecule has 1 aliphatic rings. The second-order valence-corrected chi connectivity index (χ2v) is 4.29. The highest BCUT2D eigenvalue weighted by Gasteiger charge is 2.27. The lowest BCUT2D eigenvalue weighted by Gasteiger charge is -2.25. The van der Waals surface area contributed by atoms with Crippen LogP contribution in [0.5, 0.6) is 0 Å². The summed E-state index contributed by atoms with van der Waals surface area (Å²) < 4.78 is 12.7. The third-order valence-corrected chi connectivity index (χ3v) is 2.88. The van der Waals surface area contributed by atoms with Crippen LogP contribution < -0.4 is 10.6 Å². The number of imide groups is 1. The third kappa shape index (κ3) is 2.89. The number of rotatable bonds is 3. The van der Waals surface area contributed by atoms with Crippen molar-refractivity contribution in [3.63, 3.8) is 0 Å². The summed E-state index contributed by atoms with van der Waals surface area (Å²) in [5, 5.41) is 5.35. The van der Waals surface area contributed by atoms with Gasteiger partial charge in [-0.05, 0) is 25.5 Å². The maximum atomic E-state index is 12.7. The summed E-state index contributed by atoms with van der Waals surface area (Å²) in [5.41, 5.74) is 0.654. The zero-order chi connectivity index (χ0) is 13.1. The Morgan fingerprint density at radius 2 is 2.28 bits per heavy atom. The summed E-state index contributed by atoms with van der Waals surface area (Å²) in [6, 6.07) is 2.29. The van der Waals surface area contributed by atoms with Crippen molar-refractivity contribution in [1.82, 2.24) is 15.6 Å². The first-order valence-corrected chi connectivity index (χ1v) is 5.77. The van der Waals surface area contributed by atoms with Crippen LogP contribution in [0.2, 0.25) is 0 Å². The molecule has 0 aromatic carbocycles. The molecule has 2 N–H and O–H groups in total. The van der Waals surface area contributed by atoms with Gasteiger partial charge in [-0.15, -0.1) is 0 Å². The number of aromatic nitrogens is 1. The minimum absolute atomic E-state index is 0.186. The number of carbonyl (C=O) groups is 2. The van der Waals surface area contributed by atoms with Crippen molar-refractivity contribution in [3.05, 3.63) is 29.8 Å². The third-order valence-electron chi connectivity index (χ3n) is 2.88. The molecule has 6 heteroatoms. The first-order chi connectivity index (χ1) is 8.56. The Kier molecular flexibility index (Phi) is 3.66. The van der Waals surface area contributed by atoms with Gasteiger partial charge in [-0.1, -0.05) is 0 Å². The molecule has 0 radical (unpaired) electrons. The highest BCUT2D eigenvalue weighted by atomic mass is 19.1. The van der Waals surface area contributed by atoms with Gasteiger partial charge in [0, 0.05) is 12.5 Å². The fraction of sp³-hybridized carbons (Fsp3) is 0.417. The van der Waals surface area contributed by atoms with Gasteiger partial charge in [0.1, 0.15) is 5.82 Å². The first-order valence-electron chi connectivity index (χ1n) is 5.77. The van der Waals surface area contributed by atoms with E-state index in [2.05, 4.69) is 15.6 Å². The van der Waals surface area contributed by atoms with Gasteiger partial charge in [-0.3, -0.25) is 25.2 Å². The van der Waals surface area contributed by atoms with Gasteiger partial charge in [0.25, 0.3) is 0 Å². The zero-order valence-corrected chi connectivity index (χ0v) is 9.94. The van der Waals surface area contributed by atoms with E-state index in [1.54, 1.807) is 6.07 Å². The molecule has 2 unspecified atom stereocenters. The van der Waals surface area contributed by atoms with E-state index in [9.17, 15) is 14.0 Å². The highest BCUT2D eigenvalue weighted by molar-refractivity contribution is 6.00. The number of amides is 2. The fourth-order valence-corrected chi connectivity index (χ4v) is 1.88. The fourth-order valence-electron chi connectivity index (χ4n) is 1.88. The smallest absolute Gasteiger partial charge is 0.243 e. The van der Waals surface area contributed by atoms with Crippen molar-refractivity contribution >= 4 is 11.8 Å². The Bertz CT molecular complexity index is 461. The first kappa shape index (κ1) is 12.6. The maximum absolute atomic E-state index is 12.7. The number of nitrogens with one attached hydrogen (secondary N) is 2. The van der Waals surface area contributed by atoms with E-state index in [4.69, 9.17) is 0 Å². The SMILES string of the molecule is CC(NC1CCC(=O)NC1=O)c1ccc(F)cn1. The molecular weight excluding hydrogens is 237 g/mol. The van der Waals surface area contributed by atoms with E-state index in [1.807, 2.05) is 6.92 Å². The quantitative estimate of drug-likeness (QED) is 0.775. The molecule has 1 fully saturated rings. The van der Waals surface area contributed by atoms with E-state index >= 15 is 0 Å². The Labute approximate surface area is 104 Å². The lowest BCUT2D eigenvalue weighted by atomic mass is 10.0. The molecule has 1 aromatic heterocycles. The van der Waals surface area contributed by atoms with Crippen LogP contribution in [0.25, 0.3) is 0 Å². The van der Waals surface area contributed by atoms with Crippen molar-refractivity contribution in [2.75, 3.05) is 0 Å². The molecule has 0 saturated carbocycles. The maximum Gasteiger partial charge on any atom is 0.243 e. The molecule has 18 heavy (non-hydrogen) atoms. The van der Waals surface area contributed by atoms with Crippen LogP contribution in [0.4, 0.5) is 4.39 Å². The molecule has 1 aromatic rings. The van der Waals surface area contributed by atoms with Gasteiger partial charge in [-0.25, -0.2) is 4.39 Å². The Morgan fingerprint density at radius 3 is 2.89 bits per heavy atom. The average molecular weight is 251 g/mol. The van der Waals surface area contributed by atoms with Crippen LogP contribution in [-0.2, 0) is 9.59 Å². The van der Waals surface area contributed by atoms with Crippen LogP contribution >= 0.6 is 0 Å². The summed E-state index contributed by atoms with van der Waals surface area (Å²) in [6.07, 6.45) is 1.93. The van der Waals surface area contributed by atoms with Gasteiger partial charge in [0.05, 0.1) is 17.9 Å². The molecule has 5 nitrogen and oxygen atoms in total. The van der Waals surface area contributed by atoms with Crippen molar-refractivity contribution in [2.24, 2.45) is 0 Å². The summed E-state index contributed by atoms with van der Waals surface area (Å²) >= 11 is 0. The summed E-state index contributed by atoms with van der Waals surface area (Å²) in [7, 11) is 0. The van der Waals surface area contributed by atoms with E-state index in [-0.39, 0.29) is 17.9 Å². The second-order valence-electron chi connectivity index (χ2n) is 4.29. The standard InChI is InChI=1S/C12H14FN3O2/c1-7(9-3-2-8(13)6-14-9)15-10-4-5-11(17)16-12(10)18/h2-3,6-7,10,15H,4-5H2,1H3,(H,16,17,18). The molecule has 0 aliphatic carbocycles. The van der Waals surface area contributed by atoms with Crippen LogP contribution in [0.15, 0.2) is 18.3 Å². The Balaban J connectivity index is 1.98. The Hall–Kier alpha value is -1.82. The molecule has 96 valence electrons. The summed E-state index contributed by atoms with van der Waals surface area (Å²) in [4.78, 5) is 26.5. The van der Waals surface area contributed by atoms with Crippen LogP contribution in [0.3, 0.4) is 0 Å². The molecule has 2 heterocycles. The van der Waals surface area contributed by atoms with Crippen LogP contribution in [0.1, 0.15) is 31.5 Å². The lowest BCUT2D eigenvalue weighted by molar-refractivity contribution is -0.134. The molecule has 1 aliphatic heterocycles. The molecular formula is C12H14FN3O2. The number of hydrogen-bond donors (Lipinski definition) is 2. The average Bonchev–Trinajstić information content (AvgIpc) is 2.33. The van der Waals surface area contributed by atoms with Crippen molar-refractivity contribution in [2.45, 2.75) is 31.8 Å². The highest BCUT2D eigenvalue weighted by Crippen LogP contribution is 2.13. The van der Waals surface area contributed by atoms with E-state index in [1.165, 1.54) is 6.07 Å². The van der Waals surface area contributed by atoms with E-state index in [0.717, 1.165) is 6.20 Å². The largest absolute Gasteiger partial charge is 0.298 e. The van der Waals surface area contributed by atoms with Gasteiger partial charge < -0.3 is 0 Å². The van der Waals surface area contributed by atoms with Gasteiger partial charge in [0.2, 0.25) is 11.8 Å². The molecule has 1 saturated heterocycles. The van der Waals surface area contributed by atoms with E-state index in [0.29, 0.717) is 18.5 Å². The van der Waals surface area contributed by atoms with E-state index < -0.39 is 11.9 Å². The predicted molar refractivity (Wildman–Crippen MR) is 61.9 cm³/mol. The van der Waals surface area contributed by atoms with Crippen LogP contribution in [-0.4, -0.2) is 22.8 Å². The number of pyridine rings is 1. The number of carbonyl (C=O) groups excluding carboxylic acids is 2. The monoisotopic (exact) mass is 251 g/mol. The molecule has 0 bridgehead atoms. The summed E-state index contributed by atoms with van der Waals surface area (Å²) in [6.45, 7) is 1.84. The normalized spacial score (nSPS) is 21.6. The number of halogens is 1. The zero-order valence-electron chi connectivity index (χ0n) is 9.94. The van der Waals surface area contributed by atoms with Gasteiger partial charge in [0.15, 0.2) is 0 Å². The van der Waals surface area contributed by atoms with Gasteiger partial charge >= 0.3 is 0 Å². The second kappa shape index (κ2) is 5.22. The Morgan fingerprint density at radius 1 is 1.50 bits per heavy atom.